The predicted octanol–water partition coefficient (Wildman–Crippen LogP) is 3.80. The van der Waals surface area contributed by atoms with E-state index in [-0.39, 0.29) is 5.75 Å². The lowest BCUT2D eigenvalue weighted by Crippen LogP contribution is -2.03. The first-order chi connectivity index (χ1) is 8.56. The maximum atomic E-state index is 13.5. The Morgan fingerprint density at radius 2 is 1.56 bits per heavy atom. The minimum atomic E-state index is -3.06. The maximum absolute atomic E-state index is 13.5. The molecule has 2 aromatic carbocycles. The van der Waals surface area contributed by atoms with Gasteiger partial charge in [-0.1, -0.05) is 18.2 Å². The van der Waals surface area contributed by atoms with Crippen LogP contribution in [0.2, 0.25) is 0 Å². The molecule has 0 unspecified atom stereocenters. The van der Waals surface area contributed by atoms with Gasteiger partial charge in [0.15, 0.2) is 11.6 Å². The van der Waals surface area contributed by atoms with Gasteiger partial charge in [-0.15, -0.1) is 0 Å². The molecule has 0 radical (unpaired) electrons. The molecule has 1 N–H and O–H groups in total. The minimum absolute atomic E-state index is 0.0943. The molecule has 0 atom stereocenters. The van der Waals surface area contributed by atoms with E-state index < -0.39 is 18.2 Å². The third-order valence-electron chi connectivity index (χ3n) is 2.35. The molecule has 2 aromatic rings. The topological polar surface area (TPSA) is 29.5 Å². The van der Waals surface area contributed by atoms with E-state index in [0.717, 1.165) is 12.1 Å². The maximum Gasteiger partial charge on any atom is 0.387 e. The van der Waals surface area contributed by atoms with E-state index in [1.54, 1.807) is 12.1 Å². The lowest BCUT2D eigenvalue weighted by atomic mass is 10.1. The van der Waals surface area contributed by atoms with E-state index >= 15 is 0 Å². The van der Waals surface area contributed by atoms with Crippen molar-refractivity contribution in [3.8, 4) is 22.6 Å². The minimum Gasteiger partial charge on any atom is -0.508 e. The zero-order chi connectivity index (χ0) is 13.1. The molecule has 0 fully saturated rings. The van der Waals surface area contributed by atoms with Crippen molar-refractivity contribution in [1.82, 2.24) is 0 Å². The highest BCUT2D eigenvalue weighted by Crippen LogP contribution is 2.27. The molecule has 0 amide bonds. The number of aromatic hydroxyl groups is 1. The van der Waals surface area contributed by atoms with Crippen LogP contribution in [0.4, 0.5) is 13.2 Å². The van der Waals surface area contributed by atoms with Gasteiger partial charge in [0.25, 0.3) is 0 Å². The molecule has 2 nitrogen and oxygen atoms in total. The van der Waals surface area contributed by atoms with Crippen LogP contribution in [0.25, 0.3) is 11.1 Å². The quantitative estimate of drug-likeness (QED) is 0.902. The summed E-state index contributed by atoms with van der Waals surface area (Å²) in [7, 11) is 0. The van der Waals surface area contributed by atoms with E-state index in [1.165, 1.54) is 18.2 Å². The van der Waals surface area contributed by atoms with Crippen LogP contribution in [0.1, 0.15) is 0 Å². The third-order valence-corrected chi connectivity index (χ3v) is 2.35. The van der Waals surface area contributed by atoms with E-state index in [9.17, 15) is 13.2 Å². The normalized spacial score (nSPS) is 10.7. The summed E-state index contributed by atoms with van der Waals surface area (Å²) in [4.78, 5) is 0. The average molecular weight is 254 g/mol. The van der Waals surface area contributed by atoms with E-state index in [4.69, 9.17) is 5.11 Å². The highest BCUT2D eigenvalue weighted by molar-refractivity contribution is 5.65. The molecular weight excluding hydrogens is 245 g/mol. The molecule has 18 heavy (non-hydrogen) atoms. The van der Waals surface area contributed by atoms with Gasteiger partial charge in [-0.05, 0) is 35.4 Å². The molecule has 94 valence electrons. The molecule has 0 aromatic heterocycles. The molecule has 0 spiro atoms. The van der Waals surface area contributed by atoms with Crippen LogP contribution in [0, 0.1) is 5.82 Å². The second-order valence-electron chi connectivity index (χ2n) is 3.57. The lowest BCUT2D eigenvalue weighted by Gasteiger charge is -2.07. The van der Waals surface area contributed by atoms with Gasteiger partial charge in [-0.25, -0.2) is 4.39 Å². The van der Waals surface area contributed by atoms with E-state index in [2.05, 4.69) is 4.74 Å². The molecule has 0 bridgehead atoms. The predicted molar refractivity (Wildman–Crippen MR) is 60.1 cm³/mol. The number of ether oxygens (including phenoxy) is 1. The molecule has 0 saturated carbocycles. The first kappa shape index (κ1) is 12.3. The summed E-state index contributed by atoms with van der Waals surface area (Å²) in [5.41, 5.74) is 1.17. The fourth-order valence-electron chi connectivity index (χ4n) is 1.53. The summed E-state index contributed by atoms with van der Waals surface area (Å²) in [6, 6.07) is 9.81. The number of halogens is 3. The van der Waals surface area contributed by atoms with Crippen molar-refractivity contribution in [3.63, 3.8) is 0 Å². The molecule has 0 aliphatic rings. The Hall–Kier alpha value is -2.17. The summed E-state index contributed by atoms with van der Waals surface area (Å²) < 4.78 is 41.4. The van der Waals surface area contributed by atoms with Gasteiger partial charge < -0.3 is 9.84 Å². The van der Waals surface area contributed by atoms with Crippen LogP contribution in [0.15, 0.2) is 42.5 Å². The Morgan fingerprint density at radius 3 is 2.11 bits per heavy atom. The molecule has 5 heteroatoms. The summed E-state index contributed by atoms with van der Waals surface area (Å²) in [6.45, 7) is -3.06. The smallest absolute Gasteiger partial charge is 0.387 e. The number of alkyl halides is 2. The Kier molecular flexibility index (Phi) is 3.41. The average Bonchev–Trinajstić information content (AvgIpc) is 2.32. The number of hydrogen-bond donors (Lipinski definition) is 1. The van der Waals surface area contributed by atoms with Gasteiger partial charge in [0.05, 0.1) is 0 Å². The summed E-state index contributed by atoms with van der Waals surface area (Å²) in [6.07, 6.45) is 0. The van der Waals surface area contributed by atoms with Crippen LogP contribution in [0.5, 0.6) is 11.5 Å². The first-order valence-electron chi connectivity index (χ1n) is 5.10. The van der Waals surface area contributed by atoms with Crippen LogP contribution in [-0.4, -0.2) is 11.7 Å². The standard InChI is InChI=1S/C13H9F3O2/c14-11-7-9(3-6-12(11)18-13(15)16)8-1-4-10(17)5-2-8/h1-7,13,17H. The molecule has 0 aliphatic heterocycles. The number of rotatable bonds is 3. The van der Waals surface area contributed by atoms with Crippen LogP contribution in [-0.2, 0) is 0 Å². The molecule has 0 saturated heterocycles. The van der Waals surface area contributed by atoms with Crippen molar-refractivity contribution in [2.75, 3.05) is 0 Å². The fourth-order valence-corrected chi connectivity index (χ4v) is 1.53. The van der Waals surface area contributed by atoms with Crippen molar-refractivity contribution in [1.29, 1.82) is 0 Å². The molecule has 2 rings (SSSR count). The second kappa shape index (κ2) is 5.00. The van der Waals surface area contributed by atoms with Crippen molar-refractivity contribution in [3.05, 3.63) is 48.3 Å². The largest absolute Gasteiger partial charge is 0.508 e. The van der Waals surface area contributed by atoms with Gasteiger partial charge in [0, 0.05) is 0 Å². The Balaban J connectivity index is 2.31. The van der Waals surface area contributed by atoms with Crippen LogP contribution < -0.4 is 4.74 Å². The number of phenols is 1. The Labute approximate surface area is 101 Å². The number of hydrogen-bond acceptors (Lipinski definition) is 2. The zero-order valence-electron chi connectivity index (χ0n) is 9.11. The first-order valence-corrected chi connectivity index (χ1v) is 5.10. The highest BCUT2D eigenvalue weighted by atomic mass is 19.3. The Bertz CT molecular complexity index is 538. The van der Waals surface area contributed by atoms with Crippen molar-refractivity contribution >= 4 is 0 Å². The Morgan fingerprint density at radius 1 is 0.944 bits per heavy atom. The highest BCUT2D eigenvalue weighted by Gasteiger charge is 2.10. The lowest BCUT2D eigenvalue weighted by molar-refractivity contribution is -0.0521. The van der Waals surface area contributed by atoms with Gasteiger partial charge in [0.1, 0.15) is 5.75 Å². The zero-order valence-corrected chi connectivity index (χ0v) is 9.11. The van der Waals surface area contributed by atoms with Crippen molar-refractivity contribution in [2.24, 2.45) is 0 Å². The number of phenolic OH excluding ortho intramolecular Hbond substituents is 1. The van der Waals surface area contributed by atoms with Gasteiger partial charge in [-0.3, -0.25) is 0 Å². The molecular formula is C13H9F3O2. The monoisotopic (exact) mass is 254 g/mol. The van der Waals surface area contributed by atoms with E-state index in [1.807, 2.05) is 0 Å². The van der Waals surface area contributed by atoms with Gasteiger partial charge >= 0.3 is 6.61 Å². The third kappa shape index (κ3) is 2.74. The van der Waals surface area contributed by atoms with E-state index in [0.29, 0.717) is 11.1 Å². The second-order valence-corrected chi connectivity index (χ2v) is 3.57. The van der Waals surface area contributed by atoms with Crippen LogP contribution >= 0.6 is 0 Å². The molecule has 0 heterocycles. The number of benzene rings is 2. The van der Waals surface area contributed by atoms with Gasteiger partial charge in [0.2, 0.25) is 0 Å². The fraction of sp³-hybridized carbons (Fsp3) is 0.0769. The molecule has 0 aliphatic carbocycles. The SMILES string of the molecule is Oc1ccc(-c2ccc(OC(F)F)c(F)c2)cc1. The summed E-state index contributed by atoms with van der Waals surface area (Å²) >= 11 is 0. The van der Waals surface area contributed by atoms with Crippen molar-refractivity contribution < 1.29 is 23.0 Å². The van der Waals surface area contributed by atoms with Crippen molar-refractivity contribution in [2.45, 2.75) is 6.61 Å². The van der Waals surface area contributed by atoms with Gasteiger partial charge in [-0.2, -0.15) is 8.78 Å². The summed E-state index contributed by atoms with van der Waals surface area (Å²) in [5.74, 6) is -1.26. The van der Waals surface area contributed by atoms with Crippen LogP contribution in [0.3, 0.4) is 0 Å². The summed E-state index contributed by atoms with van der Waals surface area (Å²) in [5, 5.41) is 9.12.